The number of benzene rings is 2. The molecule has 3 heterocycles. The number of aromatic nitrogens is 4. The molecule has 0 aliphatic carbocycles. The number of aromatic amines is 2. The van der Waals surface area contributed by atoms with Gasteiger partial charge in [-0.1, -0.05) is 35.9 Å². The van der Waals surface area contributed by atoms with E-state index < -0.39 is 0 Å². The second kappa shape index (κ2) is 10.7. The van der Waals surface area contributed by atoms with Gasteiger partial charge in [0.1, 0.15) is 0 Å². The maximum absolute atomic E-state index is 13.1. The fraction of sp³-hybridized carbons (Fsp3) is 0.222. The number of ether oxygens (including phenoxy) is 1. The van der Waals surface area contributed by atoms with Crippen molar-refractivity contribution in [1.82, 2.24) is 25.7 Å². The van der Waals surface area contributed by atoms with Gasteiger partial charge in [-0.3, -0.25) is 15.0 Å². The van der Waals surface area contributed by atoms with Gasteiger partial charge in [-0.15, -0.1) is 11.3 Å². The van der Waals surface area contributed by atoms with Gasteiger partial charge in [-0.05, 0) is 53.3 Å². The molecule has 9 heteroatoms. The van der Waals surface area contributed by atoms with Crippen molar-refractivity contribution in [3.63, 3.8) is 0 Å². The highest BCUT2D eigenvalue weighted by molar-refractivity contribution is 7.19. The zero-order valence-corrected chi connectivity index (χ0v) is 21.6. The van der Waals surface area contributed by atoms with Gasteiger partial charge < -0.3 is 10.1 Å². The van der Waals surface area contributed by atoms with Crippen molar-refractivity contribution in [3.8, 4) is 0 Å². The first-order valence-corrected chi connectivity index (χ1v) is 12.8. The highest BCUT2D eigenvalue weighted by Gasteiger charge is 2.20. The summed E-state index contributed by atoms with van der Waals surface area (Å²) in [6.07, 6.45) is 3.20. The fourth-order valence-corrected chi connectivity index (χ4v) is 5.35. The Bertz CT molecular complexity index is 1500. The molecule has 0 radical (unpaired) electrons. The highest BCUT2D eigenvalue weighted by Crippen LogP contribution is 2.28. The van der Waals surface area contributed by atoms with Crippen molar-refractivity contribution in [2.45, 2.75) is 32.9 Å². The number of thiophene rings is 1. The van der Waals surface area contributed by atoms with Crippen LogP contribution >= 0.6 is 22.9 Å². The number of aryl methyl sites for hydroxylation is 1. The van der Waals surface area contributed by atoms with Gasteiger partial charge in [-0.25, -0.2) is 0 Å². The van der Waals surface area contributed by atoms with E-state index in [9.17, 15) is 4.79 Å². The molecule has 0 fully saturated rings. The van der Waals surface area contributed by atoms with E-state index in [4.69, 9.17) is 16.3 Å². The average molecular weight is 520 g/mol. The number of carbonyl (C=O) groups is 1. The lowest BCUT2D eigenvalue weighted by molar-refractivity contribution is 0.0945. The lowest BCUT2D eigenvalue weighted by Gasteiger charge is -2.08. The lowest BCUT2D eigenvalue weighted by atomic mass is 9.99. The molecule has 3 aromatic heterocycles. The molecule has 0 saturated heterocycles. The first-order valence-electron chi connectivity index (χ1n) is 11.6. The van der Waals surface area contributed by atoms with Crippen molar-refractivity contribution in [2.75, 3.05) is 7.11 Å². The number of carbonyl (C=O) groups excluding carboxylic acids is 1. The van der Waals surface area contributed by atoms with Crippen LogP contribution in [0.1, 0.15) is 49.0 Å². The summed E-state index contributed by atoms with van der Waals surface area (Å²) in [4.78, 5) is 14.2. The van der Waals surface area contributed by atoms with E-state index in [0.717, 1.165) is 49.5 Å². The number of nitrogens with zero attached hydrogens (tertiary/aromatic N) is 2. The van der Waals surface area contributed by atoms with Crippen LogP contribution in [0.5, 0.6) is 0 Å². The van der Waals surface area contributed by atoms with E-state index in [1.807, 2.05) is 31.3 Å². The second-order valence-corrected chi connectivity index (χ2v) is 10.3. The van der Waals surface area contributed by atoms with Crippen LogP contribution in [0.15, 0.2) is 54.7 Å². The van der Waals surface area contributed by atoms with Crippen LogP contribution in [0.4, 0.5) is 0 Å². The summed E-state index contributed by atoms with van der Waals surface area (Å²) in [6, 6.07) is 16.3. The van der Waals surface area contributed by atoms with Gasteiger partial charge in [0.05, 0.1) is 25.0 Å². The Labute approximate surface area is 217 Å². The molecule has 2 aromatic carbocycles. The van der Waals surface area contributed by atoms with Crippen LogP contribution in [0, 0.1) is 6.92 Å². The van der Waals surface area contributed by atoms with Crippen molar-refractivity contribution >= 4 is 38.9 Å². The molecule has 0 spiro atoms. The SMILES string of the molecule is COCc1[nH]nc(C(=O)NCc2cc3cc(Cl)ccc3s2)c1Cc1ccc(Cc2[nH]ncc2C)cc1. The van der Waals surface area contributed by atoms with E-state index in [-0.39, 0.29) is 5.91 Å². The number of methoxy groups -OCH3 is 1. The van der Waals surface area contributed by atoms with E-state index in [1.54, 1.807) is 18.4 Å². The van der Waals surface area contributed by atoms with E-state index in [0.29, 0.717) is 30.3 Å². The number of amides is 1. The first kappa shape index (κ1) is 24.2. The van der Waals surface area contributed by atoms with E-state index >= 15 is 0 Å². The Hall–Kier alpha value is -3.46. The number of halogens is 1. The van der Waals surface area contributed by atoms with Crippen molar-refractivity contribution < 1.29 is 9.53 Å². The summed E-state index contributed by atoms with van der Waals surface area (Å²) in [5.74, 6) is -0.217. The zero-order chi connectivity index (χ0) is 25.1. The average Bonchev–Trinajstić information content (AvgIpc) is 3.58. The number of H-pyrrole nitrogens is 2. The van der Waals surface area contributed by atoms with Crippen LogP contribution in [0.2, 0.25) is 5.02 Å². The summed E-state index contributed by atoms with van der Waals surface area (Å²) < 4.78 is 6.48. The maximum Gasteiger partial charge on any atom is 0.272 e. The topological polar surface area (TPSA) is 95.7 Å². The number of fused-ring (bicyclic) bond motifs is 1. The van der Waals surface area contributed by atoms with Gasteiger partial charge >= 0.3 is 0 Å². The van der Waals surface area contributed by atoms with Crippen LogP contribution in [-0.2, 0) is 30.7 Å². The smallest absolute Gasteiger partial charge is 0.272 e. The maximum atomic E-state index is 13.1. The summed E-state index contributed by atoms with van der Waals surface area (Å²) >= 11 is 7.74. The number of nitrogens with one attached hydrogen (secondary N) is 3. The molecule has 3 N–H and O–H groups in total. The van der Waals surface area contributed by atoms with Crippen molar-refractivity contribution in [1.29, 1.82) is 0 Å². The molecule has 5 rings (SSSR count). The van der Waals surface area contributed by atoms with Gasteiger partial charge in [0.2, 0.25) is 0 Å². The Morgan fingerprint density at radius 3 is 2.56 bits per heavy atom. The molecule has 0 unspecified atom stereocenters. The molecule has 36 heavy (non-hydrogen) atoms. The zero-order valence-electron chi connectivity index (χ0n) is 20.0. The number of hydrogen-bond donors (Lipinski definition) is 3. The van der Waals surface area contributed by atoms with E-state index in [2.05, 4.69) is 56.0 Å². The third-order valence-electron chi connectivity index (χ3n) is 6.13. The van der Waals surface area contributed by atoms with Gasteiger partial charge in [-0.2, -0.15) is 10.2 Å². The molecule has 184 valence electrons. The molecule has 0 bridgehead atoms. The summed E-state index contributed by atoms with van der Waals surface area (Å²) in [5.41, 5.74) is 6.58. The predicted molar refractivity (Wildman–Crippen MR) is 143 cm³/mol. The molecule has 0 aliphatic heterocycles. The minimum Gasteiger partial charge on any atom is -0.378 e. The Morgan fingerprint density at radius 2 is 1.83 bits per heavy atom. The Kier molecular flexibility index (Phi) is 7.18. The largest absolute Gasteiger partial charge is 0.378 e. The summed E-state index contributed by atoms with van der Waals surface area (Å²) in [5, 5.41) is 19.3. The van der Waals surface area contributed by atoms with Crippen LogP contribution in [-0.4, -0.2) is 33.4 Å². The quantitative estimate of drug-likeness (QED) is 0.237. The number of rotatable bonds is 9. The molecule has 7 nitrogen and oxygen atoms in total. The normalized spacial score (nSPS) is 11.3. The minimum absolute atomic E-state index is 0.217. The molecular weight excluding hydrogens is 494 g/mol. The van der Waals surface area contributed by atoms with Crippen molar-refractivity contribution in [3.05, 3.63) is 104 Å². The minimum atomic E-state index is -0.217. The molecule has 1 amide bonds. The summed E-state index contributed by atoms with van der Waals surface area (Å²) in [6.45, 7) is 2.82. The van der Waals surface area contributed by atoms with E-state index in [1.165, 1.54) is 5.56 Å². The Morgan fingerprint density at radius 1 is 1.06 bits per heavy atom. The van der Waals surface area contributed by atoms with Gasteiger partial charge in [0.25, 0.3) is 5.91 Å². The predicted octanol–water partition coefficient (Wildman–Crippen LogP) is 5.57. The molecular formula is C27H26ClN5O2S. The first-order chi connectivity index (χ1) is 17.5. The van der Waals surface area contributed by atoms with Crippen LogP contribution < -0.4 is 5.32 Å². The van der Waals surface area contributed by atoms with Crippen molar-refractivity contribution in [2.24, 2.45) is 0 Å². The lowest BCUT2D eigenvalue weighted by Crippen LogP contribution is -2.24. The third-order valence-corrected chi connectivity index (χ3v) is 7.48. The van der Waals surface area contributed by atoms with Gasteiger partial charge in [0, 0.05) is 45.8 Å². The molecule has 0 aliphatic rings. The van der Waals surface area contributed by atoms with Gasteiger partial charge in [0.15, 0.2) is 5.69 Å². The fourth-order valence-electron chi connectivity index (χ4n) is 4.19. The molecule has 5 aromatic rings. The number of hydrogen-bond acceptors (Lipinski definition) is 5. The Balaban J connectivity index is 1.30. The van der Waals surface area contributed by atoms with Crippen LogP contribution in [0.3, 0.4) is 0 Å². The third kappa shape index (κ3) is 5.36. The van der Waals surface area contributed by atoms with Crippen LogP contribution in [0.25, 0.3) is 10.1 Å². The summed E-state index contributed by atoms with van der Waals surface area (Å²) in [7, 11) is 1.63. The monoisotopic (exact) mass is 519 g/mol. The standard InChI is InChI=1S/C27H26ClN5O2S/c1-16-13-30-31-23(16)10-18-5-3-17(4-6-18)9-22-24(15-35-2)32-33-26(22)27(34)29-14-21-12-19-11-20(28)7-8-25(19)36-21/h3-8,11-13H,9-10,14-15H2,1-2H3,(H,29,34)(H,30,31)(H,32,33). The molecule has 0 saturated carbocycles. The highest BCUT2D eigenvalue weighted by atomic mass is 35.5. The molecule has 0 atom stereocenters. The second-order valence-electron chi connectivity index (χ2n) is 8.74.